The fraction of sp³-hybridized carbons (Fsp3) is 0.375. The molecule has 0 aliphatic rings. The summed E-state index contributed by atoms with van der Waals surface area (Å²) in [5, 5.41) is 0. The van der Waals surface area contributed by atoms with Gasteiger partial charge in [0.1, 0.15) is 11.8 Å². The normalized spacial score (nSPS) is 13.9. The van der Waals surface area contributed by atoms with Crippen molar-refractivity contribution < 1.29 is 19.1 Å². The van der Waals surface area contributed by atoms with Gasteiger partial charge in [-0.2, -0.15) is 0 Å². The van der Waals surface area contributed by atoms with Gasteiger partial charge in [-0.15, -0.1) is 0 Å². The van der Waals surface area contributed by atoms with Crippen LogP contribution >= 0.6 is 7.60 Å². The van der Waals surface area contributed by atoms with E-state index in [0.29, 0.717) is 11.2 Å². The summed E-state index contributed by atoms with van der Waals surface area (Å²) >= 11 is 0. The summed E-state index contributed by atoms with van der Waals surface area (Å²) in [6.07, 6.45) is 2.65. The molecule has 0 spiro atoms. The van der Waals surface area contributed by atoms with Crippen LogP contribution in [0.5, 0.6) is 0 Å². The molecule has 2 heterocycles. The predicted molar refractivity (Wildman–Crippen MR) is 62.6 cm³/mol. The molecule has 4 N–H and O–H groups in total. The van der Waals surface area contributed by atoms with Crippen LogP contribution in [-0.4, -0.2) is 42.3 Å². The third kappa shape index (κ3) is 2.34. The number of hydrogen-bond donors (Lipinski definition) is 3. The van der Waals surface area contributed by atoms with Crippen molar-refractivity contribution in [2.45, 2.75) is 12.4 Å². The van der Waals surface area contributed by atoms with E-state index in [-0.39, 0.29) is 12.4 Å². The first kappa shape index (κ1) is 12.9. The van der Waals surface area contributed by atoms with E-state index >= 15 is 0 Å². The maximum Gasteiger partial charge on any atom is 0.355 e. The van der Waals surface area contributed by atoms with Crippen LogP contribution in [0, 0.1) is 0 Å². The molecule has 0 saturated heterocycles. The minimum Gasteiger partial charge on any atom is -0.382 e. The van der Waals surface area contributed by atoms with Gasteiger partial charge in [0.05, 0.1) is 12.9 Å². The minimum absolute atomic E-state index is 0.0757. The minimum atomic E-state index is -4.35. The Morgan fingerprint density at radius 3 is 2.83 bits per heavy atom. The first-order valence-corrected chi connectivity index (χ1v) is 6.61. The van der Waals surface area contributed by atoms with Crippen molar-refractivity contribution in [3.05, 3.63) is 12.7 Å². The van der Waals surface area contributed by atoms with E-state index in [1.165, 1.54) is 24.3 Å². The largest absolute Gasteiger partial charge is 0.382 e. The third-order valence-corrected chi connectivity index (χ3v) is 3.55. The molecule has 0 fully saturated rings. The second kappa shape index (κ2) is 4.62. The number of methoxy groups -OCH3 is 1. The van der Waals surface area contributed by atoms with E-state index in [1.807, 2.05) is 0 Å². The molecule has 0 bridgehead atoms. The molecule has 0 saturated carbocycles. The number of hydrogen-bond acceptors (Lipinski definition) is 6. The lowest BCUT2D eigenvalue weighted by molar-refractivity contribution is 0.123. The standard InChI is InChI=1S/C8H12N5O4P/c1-17-5(18(14,15)16)2-13-4-12-6-7(9)10-3-11-8(6)13/h3-5H,2H2,1H3,(H2,9,10,11)(H2,14,15,16). The average molecular weight is 273 g/mol. The number of imidazole rings is 1. The Kier molecular flexibility index (Phi) is 3.31. The maximum absolute atomic E-state index is 11.2. The van der Waals surface area contributed by atoms with Gasteiger partial charge in [-0.25, -0.2) is 15.0 Å². The third-order valence-electron chi connectivity index (χ3n) is 2.43. The molecule has 0 aliphatic heterocycles. The van der Waals surface area contributed by atoms with Gasteiger partial charge in [0.2, 0.25) is 0 Å². The number of ether oxygens (including phenoxy) is 1. The van der Waals surface area contributed by atoms with E-state index in [2.05, 4.69) is 15.0 Å². The monoisotopic (exact) mass is 273 g/mol. The van der Waals surface area contributed by atoms with Gasteiger partial charge in [-0.05, 0) is 0 Å². The van der Waals surface area contributed by atoms with Crippen LogP contribution in [0.1, 0.15) is 0 Å². The number of fused-ring (bicyclic) bond motifs is 1. The molecular formula is C8H12N5O4P. The van der Waals surface area contributed by atoms with Crippen molar-refractivity contribution in [3.8, 4) is 0 Å². The Bertz CT molecular complexity index is 609. The Labute approximate surface area is 102 Å². The number of aromatic nitrogens is 4. The number of nitrogens with zero attached hydrogens (tertiary/aromatic N) is 4. The first-order valence-electron chi connectivity index (χ1n) is 4.93. The van der Waals surface area contributed by atoms with Crippen LogP contribution in [-0.2, 0) is 15.8 Å². The molecule has 2 aromatic rings. The number of nitrogen functional groups attached to an aromatic ring is 1. The molecule has 2 rings (SSSR count). The average Bonchev–Trinajstić information content (AvgIpc) is 2.69. The summed E-state index contributed by atoms with van der Waals surface area (Å²) < 4.78 is 17.4. The van der Waals surface area contributed by atoms with Crippen LogP contribution < -0.4 is 5.73 Å². The highest BCUT2D eigenvalue weighted by Gasteiger charge is 2.29. The van der Waals surface area contributed by atoms with Crippen molar-refractivity contribution in [2.75, 3.05) is 12.8 Å². The lowest BCUT2D eigenvalue weighted by atomic mass is 10.5. The Morgan fingerprint density at radius 1 is 1.50 bits per heavy atom. The molecule has 1 unspecified atom stereocenters. The van der Waals surface area contributed by atoms with Crippen LogP contribution in [0.4, 0.5) is 5.82 Å². The van der Waals surface area contributed by atoms with Crippen molar-refractivity contribution >= 4 is 24.6 Å². The van der Waals surface area contributed by atoms with Gasteiger partial charge in [0.15, 0.2) is 17.3 Å². The second-order valence-corrected chi connectivity index (χ2v) is 5.36. The quantitative estimate of drug-likeness (QED) is 0.637. The van der Waals surface area contributed by atoms with Crippen LogP contribution in [0.3, 0.4) is 0 Å². The highest BCUT2D eigenvalue weighted by atomic mass is 31.2. The topological polar surface area (TPSA) is 136 Å². The van der Waals surface area contributed by atoms with E-state index < -0.39 is 13.4 Å². The summed E-state index contributed by atoms with van der Waals surface area (Å²) in [5.74, 6) is -1.05. The zero-order valence-electron chi connectivity index (χ0n) is 9.46. The lowest BCUT2D eigenvalue weighted by Gasteiger charge is -2.17. The lowest BCUT2D eigenvalue weighted by Crippen LogP contribution is -2.18. The van der Waals surface area contributed by atoms with E-state index in [0.717, 1.165) is 0 Å². The zero-order chi connectivity index (χ0) is 13.3. The predicted octanol–water partition coefficient (Wildman–Crippen LogP) is -0.441. The smallest absolute Gasteiger partial charge is 0.355 e. The first-order chi connectivity index (χ1) is 8.43. The summed E-state index contributed by atoms with van der Waals surface area (Å²) in [6, 6.07) is 0. The van der Waals surface area contributed by atoms with Crippen LogP contribution in [0.25, 0.3) is 11.2 Å². The Balaban J connectivity index is 2.38. The highest BCUT2D eigenvalue weighted by Crippen LogP contribution is 2.42. The molecule has 10 heteroatoms. The van der Waals surface area contributed by atoms with E-state index in [4.69, 9.17) is 20.3 Å². The Morgan fingerprint density at radius 2 is 2.22 bits per heavy atom. The molecule has 18 heavy (non-hydrogen) atoms. The van der Waals surface area contributed by atoms with E-state index in [9.17, 15) is 4.57 Å². The van der Waals surface area contributed by atoms with Crippen molar-refractivity contribution in [1.82, 2.24) is 19.5 Å². The number of rotatable bonds is 4. The van der Waals surface area contributed by atoms with Crippen molar-refractivity contribution in [2.24, 2.45) is 0 Å². The molecule has 9 nitrogen and oxygen atoms in total. The summed E-state index contributed by atoms with van der Waals surface area (Å²) in [6.45, 7) is -0.0757. The van der Waals surface area contributed by atoms with Crippen LogP contribution in [0.15, 0.2) is 12.7 Å². The van der Waals surface area contributed by atoms with Gasteiger partial charge in [-0.3, -0.25) is 4.57 Å². The molecule has 0 aromatic carbocycles. The maximum atomic E-state index is 11.2. The molecule has 0 aliphatic carbocycles. The van der Waals surface area contributed by atoms with Crippen molar-refractivity contribution in [3.63, 3.8) is 0 Å². The van der Waals surface area contributed by atoms with Gasteiger partial charge in [-0.1, -0.05) is 0 Å². The fourth-order valence-corrected chi connectivity index (χ4v) is 2.18. The molecule has 2 aromatic heterocycles. The molecule has 0 amide bonds. The molecule has 98 valence electrons. The molecule has 0 radical (unpaired) electrons. The second-order valence-electron chi connectivity index (χ2n) is 3.61. The zero-order valence-corrected chi connectivity index (χ0v) is 10.4. The molecular weight excluding hydrogens is 261 g/mol. The summed E-state index contributed by atoms with van der Waals surface area (Å²) in [5.41, 5.74) is 6.39. The van der Waals surface area contributed by atoms with Crippen LogP contribution in [0.2, 0.25) is 0 Å². The summed E-state index contributed by atoms with van der Waals surface area (Å²) in [7, 11) is -3.12. The number of anilines is 1. The Hall–Kier alpha value is -1.54. The molecule has 1 atom stereocenters. The fourth-order valence-electron chi connectivity index (χ4n) is 1.52. The van der Waals surface area contributed by atoms with E-state index in [1.54, 1.807) is 0 Å². The van der Waals surface area contributed by atoms with Gasteiger partial charge in [0, 0.05) is 7.11 Å². The highest BCUT2D eigenvalue weighted by molar-refractivity contribution is 7.52. The van der Waals surface area contributed by atoms with Gasteiger partial charge in [0.25, 0.3) is 0 Å². The SMILES string of the molecule is COC(Cn1cnc2c(N)ncnc21)P(=O)(O)O. The number of nitrogens with two attached hydrogens (primary N) is 1. The van der Waals surface area contributed by atoms with Gasteiger partial charge < -0.3 is 24.8 Å². The van der Waals surface area contributed by atoms with Gasteiger partial charge >= 0.3 is 7.60 Å². The summed E-state index contributed by atoms with van der Waals surface area (Å²) in [4.78, 5) is 29.9. The van der Waals surface area contributed by atoms with Crippen molar-refractivity contribution in [1.29, 1.82) is 0 Å².